The molecule has 0 aliphatic rings. The summed E-state index contributed by atoms with van der Waals surface area (Å²) in [6.45, 7) is 4.79. The molecule has 0 fully saturated rings. The number of benzene rings is 2. The van der Waals surface area contributed by atoms with E-state index in [1.54, 1.807) is 13.2 Å². The van der Waals surface area contributed by atoms with Gasteiger partial charge in [-0.05, 0) is 56.9 Å². The fourth-order valence-electron chi connectivity index (χ4n) is 3.46. The molecule has 0 bridgehead atoms. The van der Waals surface area contributed by atoms with Crippen molar-refractivity contribution >= 4 is 23.0 Å². The van der Waals surface area contributed by atoms with Crippen LogP contribution in [-0.4, -0.2) is 61.3 Å². The Bertz CT molecular complexity index is 1070. The normalized spacial score (nSPS) is 11.4. The van der Waals surface area contributed by atoms with Gasteiger partial charge < -0.3 is 24.3 Å². The number of amides is 1. The van der Waals surface area contributed by atoms with E-state index in [-0.39, 0.29) is 5.91 Å². The number of carbonyl (C=O) groups is 1. The number of carbonyl (C=O) groups excluding carboxylic acids is 1. The van der Waals surface area contributed by atoms with Gasteiger partial charge in [0.1, 0.15) is 5.82 Å². The molecule has 0 aliphatic carbocycles. The molecule has 0 saturated heterocycles. The second-order valence-electron chi connectivity index (χ2n) is 7.69. The smallest absolute Gasteiger partial charge is 0.244 e. The summed E-state index contributed by atoms with van der Waals surface area (Å²) < 4.78 is 13.1. The van der Waals surface area contributed by atoms with E-state index >= 15 is 0 Å². The lowest BCUT2D eigenvalue weighted by Gasteiger charge is -2.13. The number of hydrogen-bond acceptors (Lipinski definition) is 5. The number of ether oxygens (including phenoxy) is 2. The third-order valence-electron chi connectivity index (χ3n) is 5.07. The molecule has 170 valence electrons. The van der Waals surface area contributed by atoms with Gasteiger partial charge in [-0.25, -0.2) is 4.98 Å². The highest BCUT2D eigenvalue weighted by molar-refractivity contribution is 5.91. The molecule has 1 N–H and O–H groups in total. The van der Waals surface area contributed by atoms with E-state index in [2.05, 4.69) is 34.9 Å². The summed E-state index contributed by atoms with van der Waals surface area (Å²) >= 11 is 0. The first-order chi connectivity index (χ1) is 15.5. The molecule has 2 aromatic carbocycles. The van der Waals surface area contributed by atoms with Crippen LogP contribution in [0.2, 0.25) is 0 Å². The highest BCUT2D eigenvalue weighted by Gasteiger charge is 2.11. The van der Waals surface area contributed by atoms with E-state index in [0.29, 0.717) is 31.1 Å². The molecule has 3 rings (SSSR count). The molecule has 7 heteroatoms. The molecule has 32 heavy (non-hydrogen) atoms. The minimum absolute atomic E-state index is 0.145. The number of nitrogens with zero attached hydrogens (tertiary/aromatic N) is 3. The number of likely N-dealkylation sites (N-methyl/N-ethyl adjacent to an activating group) is 1. The van der Waals surface area contributed by atoms with Crippen LogP contribution in [0.15, 0.2) is 48.5 Å². The summed E-state index contributed by atoms with van der Waals surface area (Å²) in [7, 11) is 5.72. The number of aromatic nitrogens is 2. The molecule has 1 aromatic heterocycles. The van der Waals surface area contributed by atoms with Gasteiger partial charge in [0.15, 0.2) is 11.5 Å². The molecule has 0 unspecified atom stereocenters. The van der Waals surface area contributed by atoms with E-state index in [4.69, 9.17) is 14.5 Å². The summed E-state index contributed by atoms with van der Waals surface area (Å²) in [5.74, 6) is 2.17. The lowest BCUT2D eigenvalue weighted by molar-refractivity contribution is -0.116. The highest BCUT2D eigenvalue weighted by Crippen LogP contribution is 2.28. The Kier molecular flexibility index (Phi) is 8.27. The third-order valence-corrected chi connectivity index (χ3v) is 5.07. The van der Waals surface area contributed by atoms with Gasteiger partial charge in [0.25, 0.3) is 0 Å². The number of nitrogens with one attached hydrogen (secondary N) is 1. The van der Waals surface area contributed by atoms with Crippen LogP contribution in [0, 0.1) is 0 Å². The van der Waals surface area contributed by atoms with Crippen molar-refractivity contribution in [2.24, 2.45) is 0 Å². The van der Waals surface area contributed by atoms with Crippen molar-refractivity contribution in [3.05, 3.63) is 59.9 Å². The maximum atomic E-state index is 12.3. The molecule has 7 nitrogen and oxygen atoms in total. The van der Waals surface area contributed by atoms with Crippen LogP contribution in [0.25, 0.3) is 17.1 Å². The molecule has 0 saturated carbocycles. The van der Waals surface area contributed by atoms with Crippen LogP contribution in [-0.2, 0) is 17.8 Å². The first-order valence-electron chi connectivity index (χ1n) is 10.9. The minimum Gasteiger partial charge on any atom is -0.493 e. The van der Waals surface area contributed by atoms with E-state index in [1.165, 1.54) is 6.08 Å². The number of fused-ring (bicyclic) bond motifs is 1. The van der Waals surface area contributed by atoms with Crippen molar-refractivity contribution in [1.82, 2.24) is 19.8 Å². The summed E-state index contributed by atoms with van der Waals surface area (Å²) in [5.41, 5.74) is 2.97. The molecule has 0 spiro atoms. The molecule has 0 atom stereocenters. The summed E-state index contributed by atoms with van der Waals surface area (Å²) in [4.78, 5) is 19.2. The zero-order valence-corrected chi connectivity index (χ0v) is 19.3. The van der Waals surface area contributed by atoms with Gasteiger partial charge in [-0.2, -0.15) is 0 Å². The molecular formula is C25H32N4O3. The van der Waals surface area contributed by atoms with Crippen LogP contribution < -0.4 is 14.8 Å². The number of hydrogen-bond donors (Lipinski definition) is 1. The van der Waals surface area contributed by atoms with Crippen molar-refractivity contribution in [3.63, 3.8) is 0 Å². The Balaban J connectivity index is 1.60. The molecule has 3 aromatic rings. The Morgan fingerprint density at radius 3 is 2.75 bits per heavy atom. The van der Waals surface area contributed by atoms with Gasteiger partial charge >= 0.3 is 0 Å². The van der Waals surface area contributed by atoms with Crippen molar-refractivity contribution < 1.29 is 14.3 Å². The van der Waals surface area contributed by atoms with E-state index in [1.807, 2.05) is 43.3 Å². The van der Waals surface area contributed by atoms with Crippen LogP contribution in [0.3, 0.4) is 0 Å². The monoisotopic (exact) mass is 436 g/mol. The second-order valence-corrected chi connectivity index (χ2v) is 7.69. The van der Waals surface area contributed by atoms with Crippen LogP contribution in [0.5, 0.6) is 11.5 Å². The zero-order chi connectivity index (χ0) is 22.9. The maximum absolute atomic E-state index is 12.3. The molecular weight excluding hydrogens is 404 g/mol. The van der Waals surface area contributed by atoms with E-state index < -0.39 is 0 Å². The molecule has 0 radical (unpaired) electrons. The Morgan fingerprint density at radius 2 is 2.00 bits per heavy atom. The van der Waals surface area contributed by atoms with Gasteiger partial charge in [0, 0.05) is 32.1 Å². The number of rotatable bonds is 11. The average molecular weight is 437 g/mol. The Hall–Kier alpha value is -3.32. The summed E-state index contributed by atoms with van der Waals surface area (Å²) in [6, 6.07) is 13.7. The fraction of sp³-hybridized carbons (Fsp3) is 0.360. The predicted octanol–water partition coefficient (Wildman–Crippen LogP) is 3.38. The van der Waals surface area contributed by atoms with Crippen LogP contribution in [0.1, 0.15) is 18.3 Å². The van der Waals surface area contributed by atoms with E-state index in [9.17, 15) is 4.79 Å². The van der Waals surface area contributed by atoms with Gasteiger partial charge in [0.2, 0.25) is 5.91 Å². The SMILES string of the molecule is CCOc1ccc(/C=C/C(=O)NCCc2nc3ccccc3n2CCN(C)C)cc1OC. The quantitative estimate of drug-likeness (QED) is 0.467. The largest absolute Gasteiger partial charge is 0.493 e. The van der Waals surface area contributed by atoms with Crippen molar-refractivity contribution in [3.8, 4) is 11.5 Å². The highest BCUT2D eigenvalue weighted by atomic mass is 16.5. The molecule has 1 amide bonds. The predicted molar refractivity (Wildman–Crippen MR) is 128 cm³/mol. The maximum Gasteiger partial charge on any atom is 0.244 e. The Labute approximate surface area is 189 Å². The molecule has 0 aliphatic heterocycles. The summed E-state index contributed by atoms with van der Waals surface area (Å²) in [5, 5.41) is 2.95. The standard InChI is InChI=1S/C25H32N4O3/c1-5-32-22-12-10-19(18-23(22)31-4)11-13-25(30)26-15-14-24-27-20-8-6-7-9-21(20)29(24)17-16-28(2)3/h6-13,18H,5,14-17H2,1-4H3,(H,26,30)/b13-11+. The van der Waals surface area contributed by atoms with Gasteiger partial charge in [-0.3, -0.25) is 4.79 Å². The number of para-hydroxylation sites is 2. The lowest BCUT2D eigenvalue weighted by Crippen LogP contribution is -2.25. The molecule has 1 heterocycles. The topological polar surface area (TPSA) is 68.6 Å². The fourth-order valence-corrected chi connectivity index (χ4v) is 3.46. The van der Waals surface area contributed by atoms with Crippen molar-refractivity contribution in [2.75, 3.05) is 40.9 Å². The lowest BCUT2D eigenvalue weighted by atomic mass is 10.2. The van der Waals surface area contributed by atoms with Crippen molar-refractivity contribution in [2.45, 2.75) is 19.9 Å². The zero-order valence-electron chi connectivity index (χ0n) is 19.3. The van der Waals surface area contributed by atoms with Gasteiger partial charge in [-0.15, -0.1) is 0 Å². The number of methoxy groups -OCH3 is 1. The summed E-state index contributed by atoms with van der Waals surface area (Å²) in [6.07, 6.45) is 3.96. The van der Waals surface area contributed by atoms with Crippen LogP contribution in [0.4, 0.5) is 0 Å². The van der Waals surface area contributed by atoms with E-state index in [0.717, 1.165) is 35.5 Å². The van der Waals surface area contributed by atoms with Crippen molar-refractivity contribution in [1.29, 1.82) is 0 Å². The van der Waals surface area contributed by atoms with Gasteiger partial charge in [0.05, 0.1) is 24.8 Å². The Morgan fingerprint density at radius 1 is 1.19 bits per heavy atom. The third kappa shape index (κ3) is 6.11. The first-order valence-corrected chi connectivity index (χ1v) is 10.9. The minimum atomic E-state index is -0.145. The number of imidazole rings is 1. The van der Waals surface area contributed by atoms with Crippen LogP contribution >= 0.6 is 0 Å². The van der Waals surface area contributed by atoms with Gasteiger partial charge in [-0.1, -0.05) is 18.2 Å². The second kappa shape index (κ2) is 11.3. The average Bonchev–Trinajstić information content (AvgIpc) is 3.14. The first kappa shape index (κ1) is 23.3.